The maximum atomic E-state index is 3.46. The van der Waals surface area contributed by atoms with Crippen LogP contribution in [0.1, 0.15) is 18.0 Å². The number of nitrogens with one attached hydrogen (secondary N) is 1. The molecule has 1 aromatic heterocycles. The zero-order chi connectivity index (χ0) is 9.54. The molecule has 1 saturated heterocycles. The van der Waals surface area contributed by atoms with Crippen molar-refractivity contribution in [3.05, 3.63) is 36.0 Å². The van der Waals surface area contributed by atoms with E-state index in [1.54, 1.807) is 0 Å². The van der Waals surface area contributed by atoms with Crippen molar-refractivity contribution >= 4 is 10.9 Å². The summed E-state index contributed by atoms with van der Waals surface area (Å²) in [6.07, 6.45) is 3.40. The van der Waals surface area contributed by atoms with E-state index in [1.807, 2.05) is 0 Å². The predicted octanol–water partition coefficient (Wildman–Crippen LogP) is 2.21. The lowest BCUT2D eigenvalue weighted by Crippen LogP contribution is -2.35. The topological polar surface area (TPSA) is 17.0 Å². The average molecular weight is 186 g/mol. The van der Waals surface area contributed by atoms with Crippen LogP contribution in [0.2, 0.25) is 0 Å². The lowest BCUT2D eigenvalue weighted by Gasteiger charge is -2.28. The van der Waals surface area contributed by atoms with Gasteiger partial charge in [-0.25, -0.2) is 0 Å². The molecule has 1 aliphatic heterocycles. The summed E-state index contributed by atoms with van der Waals surface area (Å²) in [5.41, 5.74) is 2.82. The van der Waals surface area contributed by atoms with Crippen molar-refractivity contribution in [2.75, 3.05) is 6.54 Å². The fourth-order valence-corrected chi connectivity index (χ4v) is 2.22. The monoisotopic (exact) mass is 186 g/mol. The van der Waals surface area contributed by atoms with Crippen molar-refractivity contribution in [3.63, 3.8) is 0 Å². The fraction of sp³-hybridized carbons (Fsp3) is 0.333. The number of fused-ring (bicyclic) bond motifs is 1. The number of rotatable bonds is 1. The summed E-state index contributed by atoms with van der Waals surface area (Å²) < 4.78 is 2.21. The zero-order valence-corrected chi connectivity index (χ0v) is 8.33. The molecule has 1 fully saturated rings. The number of benzene rings is 1. The first-order valence-electron chi connectivity index (χ1n) is 5.13. The second-order valence-electron chi connectivity index (χ2n) is 4.01. The van der Waals surface area contributed by atoms with E-state index in [1.165, 1.54) is 22.9 Å². The first-order chi connectivity index (χ1) is 6.86. The molecule has 1 unspecified atom stereocenters. The summed E-state index contributed by atoms with van der Waals surface area (Å²) in [5, 5.41) is 4.80. The van der Waals surface area contributed by atoms with Crippen molar-refractivity contribution in [1.29, 1.82) is 0 Å². The molecule has 2 nitrogen and oxygen atoms in total. The van der Waals surface area contributed by atoms with Gasteiger partial charge in [0, 0.05) is 19.3 Å². The third-order valence-electron chi connectivity index (χ3n) is 3.13. The van der Waals surface area contributed by atoms with Gasteiger partial charge in [0.15, 0.2) is 0 Å². The molecule has 1 aliphatic rings. The minimum atomic E-state index is 0.576. The predicted molar refractivity (Wildman–Crippen MR) is 58.3 cm³/mol. The smallest absolute Gasteiger partial charge is 0.0526 e. The molecule has 0 saturated carbocycles. The summed E-state index contributed by atoms with van der Waals surface area (Å²) in [4.78, 5) is 0. The van der Waals surface area contributed by atoms with Gasteiger partial charge in [-0.2, -0.15) is 0 Å². The maximum absolute atomic E-state index is 3.46. The summed E-state index contributed by atoms with van der Waals surface area (Å²) in [5.74, 6) is 0. The Kier molecular flexibility index (Phi) is 1.64. The van der Waals surface area contributed by atoms with E-state index in [2.05, 4.69) is 47.4 Å². The molecular formula is C12H14N2. The molecule has 0 aliphatic carbocycles. The lowest BCUT2D eigenvalue weighted by atomic mass is 9.96. The summed E-state index contributed by atoms with van der Waals surface area (Å²) in [6.45, 7) is 1.16. The van der Waals surface area contributed by atoms with Gasteiger partial charge in [0.1, 0.15) is 0 Å². The van der Waals surface area contributed by atoms with Gasteiger partial charge in [0.2, 0.25) is 0 Å². The number of hydrogen-bond donors (Lipinski definition) is 1. The number of hydrogen-bond acceptors (Lipinski definition) is 1. The molecule has 2 aromatic rings. The molecule has 1 N–H and O–H groups in total. The number of aromatic nitrogens is 1. The van der Waals surface area contributed by atoms with E-state index >= 15 is 0 Å². The number of para-hydroxylation sites is 1. The van der Waals surface area contributed by atoms with Crippen molar-refractivity contribution in [3.8, 4) is 0 Å². The standard InChI is InChI=1S/C12H14N2/c1-14-8-6-9-3-2-4-10(12(9)14)11-5-7-13-11/h2-4,6,8,11,13H,5,7H2,1H3. The Hall–Kier alpha value is -1.28. The van der Waals surface area contributed by atoms with Crippen LogP contribution in [0.25, 0.3) is 10.9 Å². The van der Waals surface area contributed by atoms with Crippen LogP contribution in [-0.4, -0.2) is 11.1 Å². The summed E-state index contributed by atoms with van der Waals surface area (Å²) in [6, 6.07) is 9.32. The van der Waals surface area contributed by atoms with Crippen LogP contribution in [0, 0.1) is 0 Å². The zero-order valence-electron chi connectivity index (χ0n) is 8.33. The number of nitrogens with zero attached hydrogens (tertiary/aromatic N) is 1. The van der Waals surface area contributed by atoms with Crippen LogP contribution < -0.4 is 5.32 Å². The Morgan fingerprint density at radius 3 is 2.93 bits per heavy atom. The molecular weight excluding hydrogens is 172 g/mol. The van der Waals surface area contributed by atoms with E-state index in [0.717, 1.165) is 6.54 Å². The normalized spacial score (nSPS) is 21.1. The first kappa shape index (κ1) is 8.06. The third kappa shape index (κ3) is 1.01. The molecule has 0 bridgehead atoms. The molecule has 1 atom stereocenters. The number of aryl methyl sites for hydroxylation is 1. The second kappa shape index (κ2) is 2.85. The summed E-state index contributed by atoms with van der Waals surface area (Å²) >= 11 is 0. The SMILES string of the molecule is Cn1ccc2cccc(C3CCN3)c21. The van der Waals surface area contributed by atoms with Crippen LogP contribution >= 0.6 is 0 Å². The Bertz CT molecular complexity index is 466. The first-order valence-corrected chi connectivity index (χ1v) is 5.13. The van der Waals surface area contributed by atoms with E-state index in [4.69, 9.17) is 0 Å². The molecule has 1 aromatic carbocycles. The summed E-state index contributed by atoms with van der Waals surface area (Å²) in [7, 11) is 2.12. The molecule has 0 amide bonds. The highest BCUT2D eigenvalue weighted by Gasteiger charge is 2.21. The van der Waals surface area contributed by atoms with Crippen molar-refractivity contribution in [2.24, 2.45) is 7.05 Å². The quantitative estimate of drug-likeness (QED) is 0.722. The van der Waals surface area contributed by atoms with Crippen molar-refractivity contribution in [2.45, 2.75) is 12.5 Å². The third-order valence-corrected chi connectivity index (χ3v) is 3.13. The van der Waals surface area contributed by atoms with Crippen LogP contribution in [-0.2, 0) is 7.05 Å². The molecule has 72 valence electrons. The van der Waals surface area contributed by atoms with Gasteiger partial charge in [-0.15, -0.1) is 0 Å². The molecule has 2 heterocycles. The van der Waals surface area contributed by atoms with Crippen LogP contribution in [0.3, 0.4) is 0 Å². The van der Waals surface area contributed by atoms with Gasteiger partial charge >= 0.3 is 0 Å². The minimum Gasteiger partial charge on any atom is -0.350 e. The lowest BCUT2D eigenvalue weighted by molar-refractivity contribution is 0.385. The molecule has 3 rings (SSSR count). The second-order valence-corrected chi connectivity index (χ2v) is 4.01. The van der Waals surface area contributed by atoms with E-state index in [9.17, 15) is 0 Å². The largest absolute Gasteiger partial charge is 0.350 e. The van der Waals surface area contributed by atoms with Gasteiger partial charge in [0.05, 0.1) is 5.52 Å². The van der Waals surface area contributed by atoms with Crippen LogP contribution in [0.4, 0.5) is 0 Å². The van der Waals surface area contributed by atoms with E-state index in [0.29, 0.717) is 6.04 Å². The van der Waals surface area contributed by atoms with E-state index in [-0.39, 0.29) is 0 Å². The van der Waals surface area contributed by atoms with E-state index < -0.39 is 0 Å². The highest BCUT2D eigenvalue weighted by Crippen LogP contribution is 2.29. The van der Waals surface area contributed by atoms with Gasteiger partial charge < -0.3 is 9.88 Å². The molecule has 2 heteroatoms. The van der Waals surface area contributed by atoms with Gasteiger partial charge in [0.25, 0.3) is 0 Å². The highest BCUT2D eigenvalue weighted by molar-refractivity contribution is 5.83. The van der Waals surface area contributed by atoms with Gasteiger partial charge in [-0.1, -0.05) is 18.2 Å². The average Bonchev–Trinajstić information content (AvgIpc) is 2.46. The van der Waals surface area contributed by atoms with Gasteiger partial charge in [-0.3, -0.25) is 0 Å². The van der Waals surface area contributed by atoms with Crippen LogP contribution in [0.15, 0.2) is 30.5 Å². The van der Waals surface area contributed by atoms with Crippen molar-refractivity contribution in [1.82, 2.24) is 9.88 Å². The Balaban J connectivity index is 2.25. The fourth-order valence-electron chi connectivity index (χ4n) is 2.22. The van der Waals surface area contributed by atoms with Crippen molar-refractivity contribution < 1.29 is 0 Å². The molecule has 0 radical (unpaired) electrons. The Morgan fingerprint density at radius 2 is 2.21 bits per heavy atom. The Morgan fingerprint density at radius 1 is 1.36 bits per heavy atom. The molecule has 14 heavy (non-hydrogen) atoms. The Labute approximate surface area is 83.5 Å². The van der Waals surface area contributed by atoms with Gasteiger partial charge in [-0.05, 0) is 30.0 Å². The minimum absolute atomic E-state index is 0.576. The van der Waals surface area contributed by atoms with Crippen LogP contribution in [0.5, 0.6) is 0 Å². The maximum Gasteiger partial charge on any atom is 0.0526 e. The molecule has 0 spiro atoms. The highest BCUT2D eigenvalue weighted by atomic mass is 15.0.